The fourth-order valence-corrected chi connectivity index (χ4v) is 4.38. The molecule has 4 rings (SSSR count). The van der Waals surface area contributed by atoms with E-state index in [1.807, 2.05) is 0 Å². The number of halogens is 3. The highest BCUT2D eigenvalue weighted by atomic mass is 19.1. The van der Waals surface area contributed by atoms with Crippen LogP contribution in [0.15, 0.2) is 55.2 Å². The molecule has 0 aromatic heterocycles. The van der Waals surface area contributed by atoms with Gasteiger partial charge in [0.2, 0.25) is 5.91 Å². The molecule has 6 nitrogen and oxygen atoms in total. The van der Waals surface area contributed by atoms with Crippen LogP contribution in [0.4, 0.5) is 13.2 Å². The number of amides is 1. The second-order valence-corrected chi connectivity index (χ2v) is 8.54. The summed E-state index contributed by atoms with van der Waals surface area (Å²) in [4.78, 5) is 24.9. The molecule has 0 saturated carbocycles. The zero-order valence-corrected chi connectivity index (χ0v) is 19.5. The Labute approximate surface area is 205 Å². The molecule has 3 aromatic carbocycles. The summed E-state index contributed by atoms with van der Waals surface area (Å²) < 4.78 is 50.6. The lowest BCUT2D eigenvalue weighted by Gasteiger charge is -2.24. The summed E-state index contributed by atoms with van der Waals surface area (Å²) in [6, 6.07) is 6.46. The van der Waals surface area contributed by atoms with E-state index in [1.165, 1.54) is 43.5 Å². The smallest absolute Gasteiger partial charge is 0.305 e. The van der Waals surface area contributed by atoms with Crippen LogP contribution >= 0.6 is 0 Å². The van der Waals surface area contributed by atoms with E-state index in [2.05, 4.69) is 17.2 Å². The number of carboxylic acids is 1. The van der Waals surface area contributed by atoms with E-state index in [1.54, 1.807) is 6.92 Å². The fourth-order valence-electron chi connectivity index (χ4n) is 4.38. The van der Waals surface area contributed by atoms with E-state index in [0.717, 1.165) is 12.1 Å². The van der Waals surface area contributed by atoms with Crippen LogP contribution in [-0.4, -0.2) is 17.0 Å². The normalized spacial score (nSPS) is 16.9. The van der Waals surface area contributed by atoms with Crippen molar-refractivity contribution in [3.05, 3.63) is 94.9 Å². The van der Waals surface area contributed by atoms with Gasteiger partial charge in [-0.3, -0.25) is 9.59 Å². The van der Waals surface area contributed by atoms with Crippen molar-refractivity contribution in [1.82, 2.24) is 10.6 Å². The van der Waals surface area contributed by atoms with Crippen molar-refractivity contribution >= 4 is 11.9 Å². The topological polar surface area (TPSA) is 87.7 Å². The molecule has 36 heavy (non-hydrogen) atoms. The maximum atomic E-state index is 15.4. The van der Waals surface area contributed by atoms with Crippen molar-refractivity contribution in [2.75, 3.05) is 0 Å². The third kappa shape index (κ3) is 4.77. The van der Waals surface area contributed by atoms with E-state index >= 15 is 4.39 Å². The molecule has 0 aliphatic carbocycles. The lowest BCUT2D eigenvalue weighted by Crippen LogP contribution is -2.39. The molecular formula is C27H23F3N2O4. The largest absolute Gasteiger partial charge is 0.481 e. The number of carbonyl (C=O) groups is 2. The molecular weight excluding hydrogens is 473 g/mol. The first-order valence-electron chi connectivity index (χ1n) is 11.1. The van der Waals surface area contributed by atoms with Gasteiger partial charge in [-0.1, -0.05) is 6.58 Å². The Bertz CT molecular complexity index is 1390. The number of hydrogen-bond acceptors (Lipinski definition) is 4. The van der Waals surface area contributed by atoms with Crippen LogP contribution in [0.25, 0.3) is 11.1 Å². The van der Waals surface area contributed by atoms with E-state index in [4.69, 9.17) is 4.74 Å². The highest BCUT2D eigenvalue weighted by Gasteiger charge is 2.30. The van der Waals surface area contributed by atoms with Crippen molar-refractivity contribution < 1.29 is 32.6 Å². The molecule has 3 N–H and O–H groups in total. The number of aliphatic carboxylic acids is 1. The van der Waals surface area contributed by atoms with Crippen LogP contribution in [0.1, 0.15) is 40.8 Å². The Kier molecular flexibility index (Phi) is 6.74. The second-order valence-electron chi connectivity index (χ2n) is 8.54. The monoisotopic (exact) mass is 496 g/mol. The zero-order chi connectivity index (χ0) is 26.1. The van der Waals surface area contributed by atoms with Crippen molar-refractivity contribution in [3.63, 3.8) is 0 Å². The highest BCUT2D eigenvalue weighted by Crippen LogP contribution is 2.40. The zero-order valence-electron chi connectivity index (χ0n) is 19.5. The number of ether oxygens (including phenoxy) is 1. The number of nitrogens with one attached hydrogen (secondary N) is 2. The molecule has 1 amide bonds. The molecule has 0 unspecified atom stereocenters. The van der Waals surface area contributed by atoms with Gasteiger partial charge in [0.15, 0.2) is 0 Å². The van der Waals surface area contributed by atoms with Crippen LogP contribution in [0.5, 0.6) is 11.5 Å². The number of carboxylic acid groups (broad SMARTS) is 1. The average molecular weight is 496 g/mol. The summed E-state index contributed by atoms with van der Waals surface area (Å²) in [6.45, 7) is 6.68. The summed E-state index contributed by atoms with van der Waals surface area (Å²) in [6.07, 6.45) is 0.543. The molecule has 1 aliphatic rings. The predicted molar refractivity (Wildman–Crippen MR) is 127 cm³/mol. The molecule has 9 heteroatoms. The minimum atomic E-state index is -1.34. The van der Waals surface area contributed by atoms with Crippen LogP contribution < -0.4 is 15.4 Å². The molecule has 3 aromatic rings. The summed E-state index contributed by atoms with van der Waals surface area (Å²) >= 11 is 0. The Morgan fingerprint density at radius 3 is 2.56 bits per heavy atom. The van der Waals surface area contributed by atoms with E-state index < -0.39 is 47.8 Å². The van der Waals surface area contributed by atoms with E-state index in [0.29, 0.717) is 16.7 Å². The van der Waals surface area contributed by atoms with Crippen LogP contribution in [-0.2, 0) is 9.59 Å². The van der Waals surface area contributed by atoms with Crippen molar-refractivity contribution in [2.45, 2.75) is 32.4 Å². The maximum absolute atomic E-state index is 15.4. The second kappa shape index (κ2) is 9.77. The first kappa shape index (κ1) is 24.8. The average Bonchev–Trinajstić information content (AvgIpc) is 2.79. The van der Waals surface area contributed by atoms with Crippen LogP contribution in [0.2, 0.25) is 0 Å². The molecule has 0 spiro atoms. The predicted octanol–water partition coefficient (Wildman–Crippen LogP) is 5.60. The maximum Gasteiger partial charge on any atom is 0.305 e. The first-order chi connectivity index (χ1) is 17.1. The van der Waals surface area contributed by atoms with Gasteiger partial charge >= 0.3 is 5.97 Å². The van der Waals surface area contributed by atoms with Gasteiger partial charge in [-0.2, -0.15) is 0 Å². The van der Waals surface area contributed by atoms with Gasteiger partial charge in [-0.15, -0.1) is 0 Å². The van der Waals surface area contributed by atoms with Crippen molar-refractivity contribution in [2.24, 2.45) is 0 Å². The minimum absolute atomic E-state index is 0.0841. The lowest BCUT2D eigenvalue weighted by molar-refractivity contribution is -0.137. The van der Waals surface area contributed by atoms with Crippen LogP contribution in [0.3, 0.4) is 0 Å². The Morgan fingerprint density at radius 2 is 1.86 bits per heavy atom. The SMILES string of the molecule is C=CN[C@@H]1C(=O)N[C@@H](CC(=O)O)c2cc(cc(C)c2F)-c2c(C)cc(F)cc2Oc2ccc(F)c1c2. The van der Waals surface area contributed by atoms with Crippen molar-refractivity contribution in [3.8, 4) is 22.6 Å². The van der Waals surface area contributed by atoms with Gasteiger partial charge in [0.05, 0.1) is 12.5 Å². The summed E-state index contributed by atoms with van der Waals surface area (Å²) in [5.74, 6) is -3.91. The Hall–Kier alpha value is -4.27. The fraction of sp³-hybridized carbons (Fsp3) is 0.185. The number of benzene rings is 3. The first-order valence-corrected chi connectivity index (χ1v) is 11.1. The lowest BCUT2D eigenvalue weighted by atomic mass is 9.92. The van der Waals surface area contributed by atoms with Crippen LogP contribution in [0, 0.1) is 31.3 Å². The van der Waals surface area contributed by atoms with Gasteiger partial charge < -0.3 is 20.5 Å². The minimum Gasteiger partial charge on any atom is -0.481 e. The third-order valence-corrected chi connectivity index (χ3v) is 5.96. The number of rotatable bonds is 4. The van der Waals surface area contributed by atoms with Gasteiger partial charge in [-0.25, -0.2) is 13.2 Å². The molecule has 0 radical (unpaired) electrons. The summed E-state index contributed by atoms with van der Waals surface area (Å²) in [5.41, 5.74) is 1.32. The molecule has 4 bridgehead atoms. The molecule has 0 saturated heterocycles. The van der Waals surface area contributed by atoms with Gasteiger partial charge in [-0.05, 0) is 73.1 Å². The van der Waals surface area contributed by atoms with E-state index in [9.17, 15) is 23.5 Å². The summed E-state index contributed by atoms with van der Waals surface area (Å²) in [5, 5.41) is 14.7. The van der Waals surface area contributed by atoms with Gasteiger partial charge in [0.25, 0.3) is 0 Å². The van der Waals surface area contributed by atoms with E-state index in [-0.39, 0.29) is 28.2 Å². The highest BCUT2D eigenvalue weighted by molar-refractivity contribution is 5.85. The summed E-state index contributed by atoms with van der Waals surface area (Å²) in [7, 11) is 0. The van der Waals surface area contributed by atoms with Crippen molar-refractivity contribution in [1.29, 1.82) is 0 Å². The Morgan fingerprint density at radius 1 is 1.11 bits per heavy atom. The Balaban J connectivity index is 2.05. The number of hydrogen-bond donors (Lipinski definition) is 3. The molecule has 1 aliphatic heterocycles. The molecule has 1 heterocycles. The number of aryl methyl sites for hydroxylation is 2. The van der Waals surface area contributed by atoms with Gasteiger partial charge in [0.1, 0.15) is 35.0 Å². The van der Waals surface area contributed by atoms with Gasteiger partial charge in [0, 0.05) is 22.8 Å². The third-order valence-electron chi connectivity index (χ3n) is 5.96. The standard InChI is InChI=1S/C27H23F3N2O4/c1-4-31-26-18-11-17(5-6-20(18)29)36-22-10-16(28)8-13(2)24(22)15-7-14(3)25(30)19(9-15)21(12-23(33)34)32-27(26)35/h4-11,21,26,31H,1,12H2,2-3H3,(H,32,35)(H,33,34)/t21-,26-/m0/s1. The molecule has 186 valence electrons. The molecule has 0 fully saturated rings. The molecule has 2 atom stereocenters. The number of fused-ring (bicyclic) bond motifs is 6. The number of carbonyl (C=O) groups excluding carboxylic acids is 1. The quantitative estimate of drug-likeness (QED) is 0.438.